The number of fused-ring (bicyclic) bond motifs is 2. The number of hydrogen-bond acceptors (Lipinski definition) is 10. The van der Waals surface area contributed by atoms with Gasteiger partial charge in [0.25, 0.3) is 11.8 Å². The summed E-state index contributed by atoms with van der Waals surface area (Å²) in [5.41, 5.74) is 0. The average molecular weight is 677 g/mol. The zero-order valence-corrected chi connectivity index (χ0v) is 29.3. The summed E-state index contributed by atoms with van der Waals surface area (Å²) in [4.78, 5) is 70.1. The van der Waals surface area contributed by atoms with Gasteiger partial charge in [0.1, 0.15) is 22.8 Å². The van der Waals surface area contributed by atoms with E-state index in [4.69, 9.17) is 9.47 Å². The topological polar surface area (TPSA) is 124 Å². The van der Waals surface area contributed by atoms with Crippen molar-refractivity contribution in [1.29, 1.82) is 0 Å². The molecule has 6 rings (SSSR count). The first kappa shape index (κ1) is 33.4. The van der Waals surface area contributed by atoms with Gasteiger partial charge in [-0.3, -0.25) is 19.6 Å². The molecule has 14 heteroatoms. The predicted octanol–water partition coefficient (Wildman–Crippen LogP) is 3.09. The van der Waals surface area contributed by atoms with Crippen molar-refractivity contribution in [3.63, 3.8) is 0 Å². The number of amides is 2. The van der Waals surface area contributed by atoms with E-state index in [1.807, 2.05) is 40.4 Å². The molecule has 0 aliphatic carbocycles. The third-order valence-corrected chi connectivity index (χ3v) is 13.0. The van der Waals surface area contributed by atoms with Crippen molar-refractivity contribution in [2.24, 2.45) is 9.98 Å². The summed E-state index contributed by atoms with van der Waals surface area (Å²) in [5, 5.41) is -0.497. The van der Waals surface area contributed by atoms with E-state index in [1.54, 1.807) is 33.3 Å². The molecule has 6 aliphatic rings. The lowest BCUT2D eigenvalue weighted by Gasteiger charge is -2.42. The second kappa shape index (κ2) is 13.2. The molecule has 6 saturated heterocycles. The van der Waals surface area contributed by atoms with Gasteiger partial charge in [-0.2, -0.15) is 0 Å². The molecule has 46 heavy (non-hydrogen) atoms. The van der Waals surface area contributed by atoms with Crippen LogP contribution in [0, 0.1) is 0 Å². The summed E-state index contributed by atoms with van der Waals surface area (Å²) in [6.07, 6.45) is 11.8. The quantitative estimate of drug-likeness (QED) is 0.125. The minimum Gasteiger partial charge on any atom is -0.424 e. The van der Waals surface area contributed by atoms with Crippen molar-refractivity contribution >= 4 is 60.0 Å². The molecule has 0 unspecified atom stereocenters. The van der Waals surface area contributed by atoms with Crippen LogP contribution in [0.3, 0.4) is 0 Å². The predicted molar refractivity (Wildman–Crippen MR) is 178 cm³/mol. The van der Waals surface area contributed by atoms with Crippen LogP contribution in [0.4, 0.5) is 0 Å². The Kier molecular flexibility index (Phi) is 9.59. The Morgan fingerprint density at radius 3 is 1.39 bits per heavy atom. The fourth-order valence-electron chi connectivity index (χ4n) is 7.46. The van der Waals surface area contributed by atoms with Crippen LogP contribution >= 0.6 is 23.5 Å². The van der Waals surface area contributed by atoms with Crippen molar-refractivity contribution in [2.45, 2.75) is 137 Å². The van der Waals surface area contributed by atoms with Crippen LogP contribution in [0.15, 0.2) is 9.98 Å². The first-order valence-corrected chi connectivity index (χ1v) is 18.6. The Balaban J connectivity index is 1.04. The Morgan fingerprint density at radius 2 is 1.04 bits per heavy atom. The number of esters is 2. The monoisotopic (exact) mass is 676 g/mol. The summed E-state index contributed by atoms with van der Waals surface area (Å²) in [7, 11) is 0. The lowest BCUT2D eigenvalue weighted by atomic mass is 9.96. The number of β-lactam (4-membered cyclic amide) rings is 2. The number of rotatable bonds is 8. The van der Waals surface area contributed by atoms with E-state index in [0.717, 1.165) is 51.9 Å². The van der Waals surface area contributed by atoms with Crippen molar-refractivity contribution in [1.82, 2.24) is 19.6 Å². The molecule has 0 aromatic rings. The molecule has 0 saturated carbocycles. The van der Waals surface area contributed by atoms with Crippen LogP contribution < -0.4 is 0 Å². The highest BCUT2D eigenvalue weighted by Crippen LogP contribution is 2.53. The molecule has 0 bridgehead atoms. The van der Waals surface area contributed by atoms with Crippen LogP contribution in [0.1, 0.15) is 86.0 Å². The van der Waals surface area contributed by atoms with Crippen LogP contribution in [-0.4, -0.2) is 133 Å². The standard InChI is InChI=1S/C32H48N6O6S2/c1-20(43-29(41)23-31(2,3)45-27-21(25(39)37(23)27)33-18-35-14-10-6-7-11-15-35)44-30(42)24-32(4,5)46-28-22(26(40)38(24)28)34-19-36-16-12-8-9-13-17-36/h18-24,27-28H,6-17H2,1-5H3/t20?,21-,22-,23+,24+,27-,28-/m1/s1. The van der Waals surface area contributed by atoms with Gasteiger partial charge in [0, 0.05) is 42.6 Å². The van der Waals surface area contributed by atoms with E-state index in [-0.39, 0.29) is 22.6 Å². The van der Waals surface area contributed by atoms with Gasteiger partial charge in [-0.1, -0.05) is 25.7 Å². The van der Waals surface area contributed by atoms with Gasteiger partial charge in [-0.25, -0.2) is 9.59 Å². The Hall–Kier alpha value is -2.48. The maximum absolute atomic E-state index is 13.5. The zero-order valence-electron chi connectivity index (χ0n) is 27.6. The second-order valence-electron chi connectivity index (χ2n) is 14.3. The first-order valence-electron chi connectivity index (χ1n) is 16.8. The van der Waals surface area contributed by atoms with Crippen LogP contribution in [0.25, 0.3) is 0 Å². The maximum atomic E-state index is 13.5. The maximum Gasteiger partial charge on any atom is 0.333 e. The van der Waals surface area contributed by atoms with Gasteiger partial charge < -0.3 is 29.1 Å². The van der Waals surface area contributed by atoms with Gasteiger partial charge >= 0.3 is 11.9 Å². The highest BCUT2D eigenvalue weighted by atomic mass is 32.2. The van der Waals surface area contributed by atoms with E-state index in [1.165, 1.54) is 32.6 Å². The zero-order chi connectivity index (χ0) is 32.8. The fraction of sp³-hybridized carbons (Fsp3) is 0.812. The summed E-state index contributed by atoms with van der Waals surface area (Å²) in [6.45, 7) is 12.9. The van der Waals surface area contributed by atoms with Crippen molar-refractivity contribution in [3.8, 4) is 0 Å². The molecule has 0 aromatic heterocycles. The third-order valence-electron chi connectivity index (χ3n) is 9.90. The number of nitrogens with zero attached hydrogens (tertiary/aromatic N) is 6. The van der Waals surface area contributed by atoms with Crippen LogP contribution in [0.2, 0.25) is 0 Å². The molecule has 6 atom stereocenters. The summed E-state index contributed by atoms with van der Waals surface area (Å²) in [5.74, 6) is -1.63. The molecule has 254 valence electrons. The minimum atomic E-state index is -1.19. The van der Waals surface area contributed by atoms with E-state index in [2.05, 4.69) is 19.8 Å². The van der Waals surface area contributed by atoms with Crippen LogP contribution in [0.5, 0.6) is 0 Å². The Bertz CT molecular complexity index is 1170. The average Bonchev–Trinajstić information content (AvgIpc) is 3.20. The summed E-state index contributed by atoms with van der Waals surface area (Å²) >= 11 is 3.09. The molecule has 0 aromatic carbocycles. The van der Waals surface area contributed by atoms with Crippen molar-refractivity contribution in [2.75, 3.05) is 26.2 Å². The SMILES string of the molecule is CC(OC(=O)[C@@H]1N2C(=O)[C@@H](N=CN3CCCCCC3)[C@H]2SC1(C)C)OC(=O)[C@@H]1N2C(=O)[C@@H](N=CN3CCCCCC3)[C@H]2SC1(C)C. The Labute approximate surface area is 280 Å². The number of carbonyl (C=O) groups is 4. The molecule has 0 radical (unpaired) electrons. The number of thioether (sulfide) groups is 2. The first-order chi connectivity index (χ1) is 21.9. The van der Waals surface area contributed by atoms with Gasteiger partial charge in [-0.15, -0.1) is 23.5 Å². The van der Waals surface area contributed by atoms with E-state index < -0.39 is 51.9 Å². The van der Waals surface area contributed by atoms with Gasteiger partial charge in [0.05, 0.1) is 12.7 Å². The molecule has 0 N–H and O–H groups in total. The largest absolute Gasteiger partial charge is 0.424 e. The highest BCUT2D eigenvalue weighted by molar-refractivity contribution is 8.02. The van der Waals surface area contributed by atoms with E-state index in [0.29, 0.717) is 0 Å². The molecular formula is C32H48N6O6S2. The number of ether oxygens (including phenoxy) is 2. The lowest BCUT2D eigenvalue weighted by molar-refractivity contribution is -0.196. The number of aliphatic imine (C=N–C) groups is 2. The fourth-order valence-corrected chi connectivity index (χ4v) is 10.7. The Morgan fingerprint density at radius 1 is 0.696 bits per heavy atom. The minimum absolute atomic E-state index is 0.194. The normalized spacial score (nSPS) is 34.5. The molecule has 6 heterocycles. The summed E-state index contributed by atoms with van der Waals surface area (Å²) < 4.78 is 10.1. The number of carbonyl (C=O) groups excluding carboxylic acids is 4. The van der Waals surface area contributed by atoms with Gasteiger partial charge in [-0.05, 0) is 53.4 Å². The number of likely N-dealkylation sites (tertiary alicyclic amines) is 2. The van der Waals surface area contributed by atoms with E-state index in [9.17, 15) is 19.2 Å². The molecular weight excluding hydrogens is 629 g/mol. The molecule has 0 spiro atoms. The molecule has 6 fully saturated rings. The van der Waals surface area contributed by atoms with Gasteiger partial charge in [0.2, 0.25) is 6.29 Å². The van der Waals surface area contributed by atoms with Gasteiger partial charge in [0.15, 0.2) is 12.1 Å². The van der Waals surface area contributed by atoms with Crippen molar-refractivity contribution < 1.29 is 28.7 Å². The third kappa shape index (κ3) is 6.36. The molecule has 6 aliphatic heterocycles. The smallest absolute Gasteiger partial charge is 0.333 e. The molecule has 2 amide bonds. The second-order valence-corrected chi connectivity index (χ2v) is 17.8. The summed E-state index contributed by atoms with van der Waals surface area (Å²) in [6, 6.07) is -2.71. The molecule has 12 nitrogen and oxygen atoms in total. The van der Waals surface area contributed by atoms with Crippen LogP contribution in [-0.2, 0) is 28.7 Å². The lowest BCUT2D eigenvalue weighted by Crippen LogP contribution is -2.65. The van der Waals surface area contributed by atoms with E-state index >= 15 is 0 Å². The highest BCUT2D eigenvalue weighted by Gasteiger charge is 2.66. The van der Waals surface area contributed by atoms with Crippen molar-refractivity contribution in [3.05, 3.63) is 0 Å². The number of hydrogen-bond donors (Lipinski definition) is 0.